The third-order valence-corrected chi connectivity index (χ3v) is 3.04. The van der Waals surface area contributed by atoms with E-state index in [0.717, 1.165) is 28.6 Å². The molecular formula is C11H17BrN2O. The van der Waals surface area contributed by atoms with Crippen molar-refractivity contribution in [3.8, 4) is 5.75 Å². The summed E-state index contributed by atoms with van der Waals surface area (Å²) in [4.78, 5) is 0. The molecular weight excluding hydrogens is 256 g/mol. The highest BCUT2D eigenvalue weighted by Crippen LogP contribution is 2.28. The Morgan fingerprint density at radius 3 is 2.80 bits per heavy atom. The molecule has 1 aromatic rings. The Balaban J connectivity index is 2.81. The maximum atomic E-state index is 6.06. The van der Waals surface area contributed by atoms with E-state index in [1.807, 2.05) is 18.2 Å². The van der Waals surface area contributed by atoms with Crippen LogP contribution in [0.3, 0.4) is 0 Å². The second-order valence-corrected chi connectivity index (χ2v) is 4.28. The predicted molar refractivity (Wildman–Crippen MR) is 65.9 cm³/mol. The summed E-state index contributed by atoms with van der Waals surface area (Å²) in [6.45, 7) is 0.676. The molecule has 0 aromatic heterocycles. The van der Waals surface area contributed by atoms with Crippen LogP contribution >= 0.6 is 15.9 Å². The second-order valence-electron chi connectivity index (χ2n) is 3.42. The number of nitrogens with two attached hydrogens (primary N) is 2. The Morgan fingerprint density at radius 1 is 1.47 bits per heavy atom. The van der Waals surface area contributed by atoms with Crippen molar-refractivity contribution in [1.29, 1.82) is 0 Å². The van der Waals surface area contributed by atoms with Crippen LogP contribution in [0.4, 0.5) is 0 Å². The van der Waals surface area contributed by atoms with Gasteiger partial charge in [0.15, 0.2) is 0 Å². The second kappa shape index (κ2) is 6.10. The Morgan fingerprint density at radius 2 is 2.20 bits per heavy atom. The highest BCUT2D eigenvalue weighted by molar-refractivity contribution is 9.10. The summed E-state index contributed by atoms with van der Waals surface area (Å²) in [6, 6.07) is 5.84. The number of halogens is 1. The number of methoxy groups -OCH3 is 1. The molecule has 0 saturated carbocycles. The molecule has 0 amide bonds. The summed E-state index contributed by atoms with van der Waals surface area (Å²) >= 11 is 3.49. The van der Waals surface area contributed by atoms with Crippen LogP contribution < -0.4 is 16.2 Å². The fourth-order valence-electron chi connectivity index (χ4n) is 1.43. The van der Waals surface area contributed by atoms with E-state index < -0.39 is 0 Å². The van der Waals surface area contributed by atoms with E-state index in [2.05, 4.69) is 15.9 Å². The van der Waals surface area contributed by atoms with Gasteiger partial charge in [-0.2, -0.15) is 0 Å². The Bertz CT molecular complexity index is 317. The topological polar surface area (TPSA) is 61.3 Å². The summed E-state index contributed by atoms with van der Waals surface area (Å²) in [5, 5.41) is 0. The summed E-state index contributed by atoms with van der Waals surface area (Å²) in [6.07, 6.45) is 1.83. The van der Waals surface area contributed by atoms with E-state index >= 15 is 0 Å². The van der Waals surface area contributed by atoms with Crippen LogP contribution in [-0.2, 0) is 0 Å². The molecule has 3 nitrogen and oxygen atoms in total. The van der Waals surface area contributed by atoms with E-state index in [1.54, 1.807) is 7.11 Å². The van der Waals surface area contributed by atoms with Crippen LogP contribution in [0.5, 0.6) is 5.75 Å². The van der Waals surface area contributed by atoms with Crippen molar-refractivity contribution in [2.24, 2.45) is 11.5 Å². The van der Waals surface area contributed by atoms with Gasteiger partial charge < -0.3 is 16.2 Å². The molecule has 0 radical (unpaired) electrons. The lowest BCUT2D eigenvalue weighted by Crippen LogP contribution is -2.13. The number of benzene rings is 1. The molecule has 84 valence electrons. The number of hydrogen-bond donors (Lipinski definition) is 2. The molecule has 0 unspecified atom stereocenters. The van der Waals surface area contributed by atoms with Crippen LogP contribution in [0, 0.1) is 0 Å². The van der Waals surface area contributed by atoms with Gasteiger partial charge in [-0.25, -0.2) is 0 Å². The minimum Gasteiger partial charge on any atom is -0.497 e. The third-order valence-electron chi connectivity index (χ3n) is 2.32. The standard InChI is InChI=1S/C11H17BrN2O/c1-15-8-4-5-10(12)9(7-8)11(14)3-2-6-13/h4-5,7,11H,2-3,6,13-14H2,1H3/t11-/m1/s1. The summed E-state index contributed by atoms with van der Waals surface area (Å²) in [5.41, 5.74) is 12.6. The van der Waals surface area contributed by atoms with E-state index in [0.29, 0.717) is 6.54 Å². The van der Waals surface area contributed by atoms with Crippen LogP contribution in [0.1, 0.15) is 24.4 Å². The molecule has 0 bridgehead atoms. The van der Waals surface area contributed by atoms with Crippen LogP contribution in [0.2, 0.25) is 0 Å². The molecule has 4 heteroatoms. The van der Waals surface area contributed by atoms with Gasteiger partial charge >= 0.3 is 0 Å². The van der Waals surface area contributed by atoms with Crippen LogP contribution in [0.15, 0.2) is 22.7 Å². The molecule has 1 rings (SSSR count). The third kappa shape index (κ3) is 3.48. The first-order chi connectivity index (χ1) is 7.19. The molecule has 4 N–H and O–H groups in total. The van der Waals surface area contributed by atoms with Gasteiger partial charge in [0.05, 0.1) is 7.11 Å². The van der Waals surface area contributed by atoms with Gasteiger partial charge in [-0.15, -0.1) is 0 Å². The average Bonchev–Trinajstić information content (AvgIpc) is 2.26. The van der Waals surface area contributed by atoms with Crippen molar-refractivity contribution >= 4 is 15.9 Å². The van der Waals surface area contributed by atoms with Crippen molar-refractivity contribution in [3.05, 3.63) is 28.2 Å². The van der Waals surface area contributed by atoms with E-state index in [4.69, 9.17) is 16.2 Å². The highest BCUT2D eigenvalue weighted by Gasteiger charge is 2.10. The predicted octanol–water partition coefficient (Wildman–Crippen LogP) is 2.20. The zero-order chi connectivity index (χ0) is 11.3. The van der Waals surface area contributed by atoms with Gasteiger partial charge in [0, 0.05) is 10.5 Å². The van der Waals surface area contributed by atoms with Crippen molar-refractivity contribution in [1.82, 2.24) is 0 Å². The smallest absolute Gasteiger partial charge is 0.119 e. The lowest BCUT2D eigenvalue weighted by Gasteiger charge is -2.14. The van der Waals surface area contributed by atoms with Crippen LogP contribution in [0.25, 0.3) is 0 Å². The zero-order valence-corrected chi connectivity index (χ0v) is 10.5. The van der Waals surface area contributed by atoms with Crippen molar-refractivity contribution in [2.75, 3.05) is 13.7 Å². The molecule has 0 aliphatic heterocycles. The summed E-state index contributed by atoms with van der Waals surface area (Å²) < 4.78 is 6.18. The molecule has 0 spiro atoms. The zero-order valence-electron chi connectivity index (χ0n) is 8.87. The molecule has 15 heavy (non-hydrogen) atoms. The Hall–Kier alpha value is -0.580. The average molecular weight is 273 g/mol. The van der Waals surface area contributed by atoms with Gasteiger partial charge in [0.1, 0.15) is 5.75 Å². The fourth-order valence-corrected chi connectivity index (χ4v) is 1.97. The first-order valence-electron chi connectivity index (χ1n) is 4.98. The molecule has 0 fully saturated rings. The largest absolute Gasteiger partial charge is 0.497 e. The van der Waals surface area contributed by atoms with Gasteiger partial charge in [0.2, 0.25) is 0 Å². The first-order valence-corrected chi connectivity index (χ1v) is 5.77. The number of hydrogen-bond acceptors (Lipinski definition) is 3. The van der Waals surface area contributed by atoms with Gasteiger partial charge in [-0.05, 0) is 43.1 Å². The maximum Gasteiger partial charge on any atom is 0.119 e. The molecule has 0 saturated heterocycles. The van der Waals surface area contributed by atoms with E-state index in [-0.39, 0.29) is 6.04 Å². The lowest BCUT2D eigenvalue weighted by atomic mass is 10.0. The van der Waals surface area contributed by atoms with Crippen molar-refractivity contribution < 1.29 is 4.74 Å². The van der Waals surface area contributed by atoms with E-state index in [1.165, 1.54) is 0 Å². The minimum absolute atomic E-state index is 0.0121. The van der Waals surface area contributed by atoms with Gasteiger partial charge in [-0.1, -0.05) is 15.9 Å². The fraction of sp³-hybridized carbons (Fsp3) is 0.455. The highest BCUT2D eigenvalue weighted by atomic mass is 79.9. The van der Waals surface area contributed by atoms with Gasteiger partial charge in [0.25, 0.3) is 0 Å². The van der Waals surface area contributed by atoms with E-state index in [9.17, 15) is 0 Å². The quantitative estimate of drug-likeness (QED) is 0.864. The lowest BCUT2D eigenvalue weighted by molar-refractivity contribution is 0.413. The normalized spacial score (nSPS) is 12.5. The number of rotatable bonds is 5. The molecule has 1 aromatic carbocycles. The molecule has 0 aliphatic carbocycles. The van der Waals surface area contributed by atoms with Gasteiger partial charge in [-0.3, -0.25) is 0 Å². The summed E-state index contributed by atoms with van der Waals surface area (Å²) in [7, 11) is 1.65. The van der Waals surface area contributed by atoms with Crippen molar-refractivity contribution in [3.63, 3.8) is 0 Å². The molecule has 0 heterocycles. The minimum atomic E-state index is 0.0121. The van der Waals surface area contributed by atoms with Crippen molar-refractivity contribution in [2.45, 2.75) is 18.9 Å². The SMILES string of the molecule is COc1ccc(Br)c([C@H](N)CCCN)c1. The molecule has 0 aliphatic rings. The van der Waals surface area contributed by atoms with Crippen LogP contribution in [-0.4, -0.2) is 13.7 Å². The monoisotopic (exact) mass is 272 g/mol. The molecule has 1 atom stereocenters. The summed E-state index contributed by atoms with van der Waals surface area (Å²) in [5.74, 6) is 0.830. The Kier molecular flexibility index (Phi) is 5.08. The number of ether oxygens (including phenoxy) is 1. The first kappa shape index (κ1) is 12.5. The Labute approximate surface area is 98.9 Å². The maximum absolute atomic E-state index is 6.06.